The summed E-state index contributed by atoms with van der Waals surface area (Å²) in [5, 5.41) is 5.38. The summed E-state index contributed by atoms with van der Waals surface area (Å²) >= 11 is 0. The summed E-state index contributed by atoms with van der Waals surface area (Å²) < 4.78 is 25.7. The molecule has 0 bridgehead atoms. The van der Waals surface area contributed by atoms with Gasteiger partial charge in [-0.2, -0.15) is 0 Å². The molecule has 1 amide bonds. The molecular formula is C11H12F2N2O. The molecule has 1 aromatic carbocycles. The second-order valence-corrected chi connectivity index (χ2v) is 3.82. The SMILES string of the molecule is O=C(CNc1ccc(F)cc1F)NC1CC1. The Morgan fingerprint density at radius 2 is 2.12 bits per heavy atom. The molecule has 0 radical (unpaired) electrons. The Labute approximate surface area is 91.8 Å². The van der Waals surface area contributed by atoms with E-state index >= 15 is 0 Å². The highest BCUT2D eigenvalue weighted by atomic mass is 19.1. The van der Waals surface area contributed by atoms with Crippen LogP contribution >= 0.6 is 0 Å². The molecule has 0 spiro atoms. The van der Waals surface area contributed by atoms with Crippen LogP contribution in [0.25, 0.3) is 0 Å². The zero-order chi connectivity index (χ0) is 11.5. The molecule has 16 heavy (non-hydrogen) atoms. The molecule has 1 aliphatic rings. The fourth-order valence-corrected chi connectivity index (χ4v) is 1.31. The van der Waals surface area contributed by atoms with Crippen LogP contribution in [0, 0.1) is 11.6 Å². The maximum absolute atomic E-state index is 13.1. The summed E-state index contributed by atoms with van der Waals surface area (Å²) in [7, 11) is 0. The Morgan fingerprint density at radius 3 is 2.75 bits per heavy atom. The number of amides is 1. The Kier molecular flexibility index (Phi) is 3.03. The molecule has 1 aromatic rings. The molecule has 0 aromatic heterocycles. The van der Waals surface area contributed by atoms with E-state index in [1.54, 1.807) is 0 Å². The quantitative estimate of drug-likeness (QED) is 0.819. The highest BCUT2D eigenvalue weighted by molar-refractivity contribution is 5.81. The van der Waals surface area contributed by atoms with Crippen molar-refractivity contribution in [1.82, 2.24) is 5.32 Å². The fraction of sp³-hybridized carbons (Fsp3) is 0.364. The van der Waals surface area contributed by atoms with E-state index in [1.165, 1.54) is 6.07 Å². The zero-order valence-corrected chi connectivity index (χ0v) is 8.59. The Balaban J connectivity index is 1.85. The van der Waals surface area contributed by atoms with Gasteiger partial charge in [0.2, 0.25) is 5.91 Å². The first-order chi connectivity index (χ1) is 7.65. The molecule has 5 heteroatoms. The minimum absolute atomic E-state index is 0.000940. The van der Waals surface area contributed by atoms with E-state index in [9.17, 15) is 13.6 Å². The summed E-state index contributed by atoms with van der Waals surface area (Å²) in [6.07, 6.45) is 2.02. The van der Waals surface area contributed by atoms with Crippen molar-refractivity contribution in [3.63, 3.8) is 0 Å². The number of carbonyl (C=O) groups excluding carboxylic acids is 1. The van der Waals surface area contributed by atoms with Crippen molar-refractivity contribution in [3.05, 3.63) is 29.8 Å². The number of hydrogen-bond donors (Lipinski definition) is 2. The third-order valence-corrected chi connectivity index (χ3v) is 2.31. The highest BCUT2D eigenvalue weighted by Gasteiger charge is 2.22. The number of anilines is 1. The molecular weight excluding hydrogens is 214 g/mol. The number of nitrogens with one attached hydrogen (secondary N) is 2. The summed E-state index contributed by atoms with van der Waals surface area (Å²) in [6.45, 7) is -0.000940. The molecule has 0 heterocycles. The lowest BCUT2D eigenvalue weighted by Gasteiger charge is -2.07. The van der Waals surface area contributed by atoms with E-state index in [0.29, 0.717) is 0 Å². The summed E-state index contributed by atoms with van der Waals surface area (Å²) in [6, 6.07) is 3.48. The van der Waals surface area contributed by atoms with Gasteiger partial charge in [-0.15, -0.1) is 0 Å². The summed E-state index contributed by atoms with van der Waals surface area (Å²) in [5.41, 5.74) is 0.132. The molecule has 1 fully saturated rings. The summed E-state index contributed by atoms with van der Waals surface area (Å²) in [4.78, 5) is 11.3. The van der Waals surface area contributed by atoms with Crippen LogP contribution in [0.2, 0.25) is 0 Å². The van der Waals surface area contributed by atoms with Gasteiger partial charge in [0.15, 0.2) is 0 Å². The summed E-state index contributed by atoms with van der Waals surface area (Å²) in [5.74, 6) is -1.50. The molecule has 2 rings (SSSR count). The first-order valence-corrected chi connectivity index (χ1v) is 5.13. The van der Waals surface area contributed by atoms with Gasteiger partial charge in [-0.3, -0.25) is 4.79 Å². The highest BCUT2D eigenvalue weighted by Crippen LogP contribution is 2.18. The van der Waals surface area contributed by atoms with Crippen LogP contribution in [-0.2, 0) is 4.79 Å². The van der Waals surface area contributed by atoms with Gasteiger partial charge in [-0.1, -0.05) is 0 Å². The normalized spacial score (nSPS) is 14.6. The molecule has 3 nitrogen and oxygen atoms in total. The second kappa shape index (κ2) is 4.47. The van der Waals surface area contributed by atoms with Crippen molar-refractivity contribution in [1.29, 1.82) is 0 Å². The van der Waals surface area contributed by atoms with E-state index in [1.807, 2.05) is 0 Å². The fourth-order valence-electron chi connectivity index (χ4n) is 1.31. The van der Waals surface area contributed by atoms with E-state index in [2.05, 4.69) is 10.6 Å². The van der Waals surface area contributed by atoms with Gasteiger partial charge in [-0.05, 0) is 25.0 Å². The largest absolute Gasteiger partial charge is 0.374 e. The third kappa shape index (κ3) is 2.92. The predicted octanol–water partition coefficient (Wildman–Crippen LogP) is 1.66. The number of benzene rings is 1. The van der Waals surface area contributed by atoms with E-state index in [-0.39, 0.29) is 24.2 Å². The van der Waals surface area contributed by atoms with Crippen LogP contribution in [0.4, 0.5) is 14.5 Å². The van der Waals surface area contributed by atoms with E-state index in [4.69, 9.17) is 0 Å². The van der Waals surface area contributed by atoms with Crippen molar-refractivity contribution in [3.8, 4) is 0 Å². The smallest absolute Gasteiger partial charge is 0.239 e. The van der Waals surface area contributed by atoms with Gasteiger partial charge in [0.25, 0.3) is 0 Å². The van der Waals surface area contributed by atoms with Gasteiger partial charge in [0, 0.05) is 12.1 Å². The van der Waals surface area contributed by atoms with Crippen LogP contribution in [0.1, 0.15) is 12.8 Å². The number of rotatable bonds is 4. The van der Waals surface area contributed by atoms with Crippen molar-refractivity contribution in [2.45, 2.75) is 18.9 Å². The monoisotopic (exact) mass is 226 g/mol. The lowest BCUT2D eigenvalue weighted by molar-refractivity contribution is -0.119. The van der Waals surface area contributed by atoms with E-state index < -0.39 is 11.6 Å². The van der Waals surface area contributed by atoms with Gasteiger partial charge in [0.05, 0.1) is 12.2 Å². The molecule has 2 N–H and O–H groups in total. The first-order valence-electron chi connectivity index (χ1n) is 5.13. The van der Waals surface area contributed by atoms with Crippen molar-refractivity contribution in [2.75, 3.05) is 11.9 Å². The molecule has 0 unspecified atom stereocenters. The zero-order valence-electron chi connectivity index (χ0n) is 8.59. The minimum atomic E-state index is -0.695. The van der Waals surface area contributed by atoms with Gasteiger partial charge in [0.1, 0.15) is 11.6 Å². The number of carbonyl (C=O) groups is 1. The van der Waals surface area contributed by atoms with Gasteiger partial charge >= 0.3 is 0 Å². The van der Waals surface area contributed by atoms with Crippen molar-refractivity contribution < 1.29 is 13.6 Å². The van der Waals surface area contributed by atoms with Crippen molar-refractivity contribution >= 4 is 11.6 Å². The molecule has 0 atom stereocenters. The Bertz CT molecular complexity index is 405. The number of hydrogen-bond acceptors (Lipinski definition) is 2. The van der Waals surface area contributed by atoms with Gasteiger partial charge in [-0.25, -0.2) is 8.78 Å². The predicted molar refractivity (Wildman–Crippen MR) is 56.0 cm³/mol. The van der Waals surface area contributed by atoms with Crippen LogP contribution in [-0.4, -0.2) is 18.5 Å². The Hall–Kier alpha value is -1.65. The lowest BCUT2D eigenvalue weighted by atomic mass is 10.3. The standard InChI is InChI=1S/C11H12F2N2O/c12-7-1-4-10(9(13)5-7)14-6-11(16)15-8-2-3-8/h1,4-5,8,14H,2-3,6H2,(H,15,16). The van der Waals surface area contributed by atoms with Crippen LogP contribution in [0.5, 0.6) is 0 Å². The topological polar surface area (TPSA) is 41.1 Å². The molecule has 1 aliphatic carbocycles. The molecule has 0 aliphatic heterocycles. The van der Waals surface area contributed by atoms with Crippen LogP contribution < -0.4 is 10.6 Å². The van der Waals surface area contributed by atoms with Crippen molar-refractivity contribution in [2.24, 2.45) is 0 Å². The van der Waals surface area contributed by atoms with E-state index in [0.717, 1.165) is 25.0 Å². The average molecular weight is 226 g/mol. The maximum Gasteiger partial charge on any atom is 0.239 e. The minimum Gasteiger partial charge on any atom is -0.374 e. The van der Waals surface area contributed by atoms with Crippen LogP contribution in [0.3, 0.4) is 0 Å². The second-order valence-electron chi connectivity index (χ2n) is 3.82. The lowest BCUT2D eigenvalue weighted by Crippen LogP contribution is -2.31. The number of halogens is 2. The Morgan fingerprint density at radius 1 is 1.38 bits per heavy atom. The molecule has 1 saturated carbocycles. The van der Waals surface area contributed by atoms with Gasteiger partial charge < -0.3 is 10.6 Å². The first kappa shape index (κ1) is 10.9. The third-order valence-electron chi connectivity index (χ3n) is 2.31. The average Bonchev–Trinajstić information content (AvgIpc) is 3.00. The maximum atomic E-state index is 13.1. The van der Waals surface area contributed by atoms with Crippen LogP contribution in [0.15, 0.2) is 18.2 Å². The molecule has 86 valence electrons. The molecule has 0 saturated heterocycles.